The Morgan fingerprint density at radius 3 is 2.35 bits per heavy atom. The Morgan fingerprint density at radius 1 is 1.15 bits per heavy atom. The molecule has 0 spiro atoms. The van der Waals surface area contributed by atoms with Gasteiger partial charge in [0.2, 0.25) is 0 Å². The van der Waals surface area contributed by atoms with Crippen LogP contribution in [0.15, 0.2) is 30.3 Å². The zero-order valence-corrected chi connectivity index (χ0v) is 11.5. The molecule has 1 aromatic carbocycles. The number of nitrogens with zero attached hydrogens (tertiary/aromatic N) is 3. The molecule has 1 heterocycles. The summed E-state index contributed by atoms with van der Waals surface area (Å²) < 4.78 is 0. The van der Waals surface area contributed by atoms with E-state index in [1.54, 1.807) is 0 Å². The molecule has 0 aliphatic carbocycles. The van der Waals surface area contributed by atoms with E-state index in [0.717, 1.165) is 5.56 Å². The van der Waals surface area contributed by atoms with Crippen molar-refractivity contribution in [1.82, 2.24) is 9.80 Å². The zero-order chi connectivity index (χ0) is 14.5. The standard InChI is InChI=1S/C15H17N3O2/c1-2-17-8-9-18(15(20)14(17)19)11-13(10-16)12-6-4-3-5-7-12/h3-7,13H,2,8-9,11H2,1H3. The van der Waals surface area contributed by atoms with E-state index in [0.29, 0.717) is 19.6 Å². The van der Waals surface area contributed by atoms with E-state index in [4.69, 9.17) is 0 Å². The molecular formula is C15H17N3O2. The van der Waals surface area contributed by atoms with Crippen molar-refractivity contribution in [3.8, 4) is 6.07 Å². The van der Waals surface area contributed by atoms with Gasteiger partial charge in [0.15, 0.2) is 0 Å². The van der Waals surface area contributed by atoms with Crippen molar-refractivity contribution in [2.75, 3.05) is 26.2 Å². The molecule has 1 fully saturated rings. The van der Waals surface area contributed by atoms with Crippen LogP contribution in [0.25, 0.3) is 0 Å². The molecule has 0 saturated carbocycles. The Kier molecular flexibility index (Phi) is 4.36. The van der Waals surface area contributed by atoms with Gasteiger partial charge in [0.1, 0.15) is 0 Å². The first-order valence-electron chi connectivity index (χ1n) is 6.70. The Bertz CT molecular complexity index is 536. The molecule has 5 heteroatoms. The normalized spacial score (nSPS) is 17.0. The Labute approximate surface area is 118 Å². The summed E-state index contributed by atoms with van der Waals surface area (Å²) in [5, 5.41) is 9.28. The lowest BCUT2D eigenvalue weighted by Crippen LogP contribution is -2.54. The zero-order valence-electron chi connectivity index (χ0n) is 11.5. The van der Waals surface area contributed by atoms with Gasteiger partial charge in [-0.05, 0) is 12.5 Å². The average Bonchev–Trinajstić information content (AvgIpc) is 2.50. The first kappa shape index (κ1) is 14.1. The number of amides is 2. The monoisotopic (exact) mass is 271 g/mol. The minimum absolute atomic E-state index is 0.267. The summed E-state index contributed by atoms with van der Waals surface area (Å²) in [6.07, 6.45) is 0. The highest BCUT2D eigenvalue weighted by molar-refractivity contribution is 6.35. The van der Waals surface area contributed by atoms with Gasteiger partial charge in [-0.3, -0.25) is 9.59 Å². The summed E-state index contributed by atoms with van der Waals surface area (Å²) in [6.45, 7) is 3.68. The van der Waals surface area contributed by atoms with Crippen LogP contribution in [0.3, 0.4) is 0 Å². The van der Waals surface area contributed by atoms with Gasteiger partial charge in [-0.1, -0.05) is 30.3 Å². The maximum absolute atomic E-state index is 12.0. The summed E-state index contributed by atoms with van der Waals surface area (Å²) >= 11 is 0. The number of likely N-dealkylation sites (N-methyl/N-ethyl adjacent to an activating group) is 1. The van der Waals surface area contributed by atoms with Gasteiger partial charge in [-0.15, -0.1) is 0 Å². The van der Waals surface area contributed by atoms with Crippen LogP contribution in [-0.4, -0.2) is 47.8 Å². The molecular weight excluding hydrogens is 254 g/mol. The molecule has 0 bridgehead atoms. The minimum Gasteiger partial charge on any atom is -0.333 e. The number of benzene rings is 1. The lowest BCUT2D eigenvalue weighted by atomic mass is 10.00. The fraction of sp³-hybridized carbons (Fsp3) is 0.400. The van der Waals surface area contributed by atoms with E-state index in [-0.39, 0.29) is 6.54 Å². The molecule has 1 aliphatic heterocycles. The number of rotatable bonds is 4. The van der Waals surface area contributed by atoms with Gasteiger partial charge in [0, 0.05) is 26.2 Å². The van der Waals surface area contributed by atoms with Crippen molar-refractivity contribution < 1.29 is 9.59 Å². The molecule has 1 atom stereocenters. The average molecular weight is 271 g/mol. The van der Waals surface area contributed by atoms with Crippen molar-refractivity contribution in [3.05, 3.63) is 35.9 Å². The molecule has 2 rings (SSSR count). The van der Waals surface area contributed by atoms with Crippen LogP contribution < -0.4 is 0 Å². The highest BCUT2D eigenvalue weighted by Gasteiger charge is 2.32. The minimum atomic E-state index is -0.505. The molecule has 0 aromatic heterocycles. The summed E-state index contributed by atoms with van der Waals surface area (Å²) in [7, 11) is 0. The van der Waals surface area contributed by atoms with Crippen molar-refractivity contribution in [3.63, 3.8) is 0 Å². The number of piperazine rings is 1. The molecule has 1 saturated heterocycles. The first-order valence-corrected chi connectivity index (χ1v) is 6.70. The molecule has 1 aromatic rings. The summed E-state index contributed by atoms with van der Waals surface area (Å²) in [6, 6.07) is 11.5. The highest BCUT2D eigenvalue weighted by atomic mass is 16.2. The second-order valence-corrected chi connectivity index (χ2v) is 4.73. The SMILES string of the molecule is CCN1CCN(CC(C#N)c2ccccc2)C(=O)C1=O. The molecule has 2 amide bonds. The third-order valence-corrected chi connectivity index (χ3v) is 3.54. The Balaban J connectivity index is 2.08. The largest absolute Gasteiger partial charge is 0.333 e. The number of hydrogen-bond donors (Lipinski definition) is 0. The molecule has 1 aliphatic rings. The topological polar surface area (TPSA) is 64.4 Å². The van der Waals surface area contributed by atoms with Crippen molar-refractivity contribution in [1.29, 1.82) is 5.26 Å². The van der Waals surface area contributed by atoms with Gasteiger partial charge in [0.25, 0.3) is 0 Å². The second kappa shape index (κ2) is 6.20. The lowest BCUT2D eigenvalue weighted by molar-refractivity contribution is -0.155. The predicted molar refractivity (Wildman–Crippen MR) is 73.6 cm³/mol. The number of carbonyl (C=O) groups excluding carboxylic acids is 2. The fourth-order valence-electron chi connectivity index (χ4n) is 2.32. The predicted octanol–water partition coefficient (Wildman–Crippen LogP) is 0.984. The summed E-state index contributed by atoms with van der Waals surface area (Å²) in [5.41, 5.74) is 0.869. The van der Waals surface area contributed by atoms with E-state index in [2.05, 4.69) is 6.07 Å². The van der Waals surface area contributed by atoms with Gasteiger partial charge in [-0.25, -0.2) is 0 Å². The summed E-state index contributed by atoms with van der Waals surface area (Å²) in [5.74, 6) is -1.38. The van der Waals surface area contributed by atoms with Crippen LogP contribution in [0.2, 0.25) is 0 Å². The molecule has 104 valence electrons. The third kappa shape index (κ3) is 2.80. The summed E-state index contributed by atoms with van der Waals surface area (Å²) in [4.78, 5) is 26.8. The fourth-order valence-corrected chi connectivity index (χ4v) is 2.32. The lowest BCUT2D eigenvalue weighted by Gasteiger charge is -2.34. The maximum atomic E-state index is 12.0. The van der Waals surface area contributed by atoms with Gasteiger partial charge in [0.05, 0.1) is 12.0 Å². The quantitative estimate of drug-likeness (QED) is 0.767. The second-order valence-electron chi connectivity index (χ2n) is 4.73. The number of hydrogen-bond acceptors (Lipinski definition) is 3. The van der Waals surface area contributed by atoms with Crippen molar-refractivity contribution in [2.45, 2.75) is 12.8 Å². The first-order chi connectivity index (χ1) is 9.67. The van der Waals surface area contributed by atoms with E-state index in [1.165, 1.54) is 9.80 Å². The molecule has 20 heavy (non-hydrogen) atoms. The van der Waals surface area contributed by atoms with Crippen LogP contribution in [0.1, 0.15) is 18.4 Å². The Hall–Kier alpha value is -2.35. The Morgan fingerprint density at radius 2 is 1.75 bits per heavy atom. The van der Waals surface area contributed by atoms with Crippen molar-refractivity contribution >= 4 is 11.8 Å². The molecule has 1 unspecified atom stereocenters. The van der Waals surface area contributed by atoms with Gasteiger partial charge < -0.3 is 9.80 Å². The van der Waals surface area contributed by atoms with Crippen LogP contribution in [0, 0.1) is 11.3 Å². The van der Waals surface area contributed by atoms with Crippen LogP contribution in [-0.2, 0) is 9.59 Å². The highest BCUT2D eigenvalue weighted by Crippen LogP contribution is 2.17. The maximum Gasteiger partial charge on any atom is 0.312 e. The van der Waals surface area contributed by atoms with Crippen LogP contribution in [0.4, 0.5) is 0 Å². The molecule has 0 N–H and O–H groups in total. The third-order valence-electron chi connectivity index (χ3n) is 3.54. The molecule has 0 radical (unpaired) electrons. The van der Waals surface area contributed by atoms with Crippen LogP contribution in [0.5, 0.6) is 0 Å². The number of nitriles is 1. The number of carbonyl (C=O) groups is 2. The van der Waals surface area contributed by atoms with Gasteiger partial charge >= 0.3 is 11.8 Å². The van der Waals surface area contributed by atoms with E-state index >= 15 is 0 Å². The molecule has 5 nitrogen and oxygen atoms in total. The smallest absolute Gasteiger partial charge is 0.312 e. The van der Waals surface area contributed by atoms with E-state index in [9.17, 15) is 14.9 Å². The van der Waals surface area contributed by atoms with E-state index in [1.807, 2.05) is 37.3 Å². The van der Waals surface area contributed by atoms with Crippen LogP contribution >= 0.6 is 0 Å². The van der Waals surface area contributed by atoms with Crippen molar-refractivity contribution in [2.24, 2.45) is 0 Å². The van der Waals surface area contributed by atoms with Gasteiger partial charge in [-0.2, -0.15) is 5.26 Å². The van der Waals surface area contributed by atoms with E-state index < -0.39 is 17.7 Å².